The van der Waals surface area contributed by atoms with E-state index in [4.69, 9.17) is 16.3 Å². The molecule has 0 saturated heterocycles. The Balaban J connectivity index is 1.25. The van der Waals surface area contributed by atoms with Gasteiger partial charge in [-0.15, -0.1) is 0 Å². The fourth-order valence-electron chi connectivity index (χ4n) is 4.94. The summed E-state index contributed by atoms with van der Waals surface area (Å²) >= 11 is 6.77. The van der Waals surface area contributed by atoms with E-state index >= 15 is 0 Å². The molecule has 7 rings (SSSR count). The van der Waals surface area contributed by atoms with Gasteiger partial charge in [0.1, 0.15) is 21.7 Å². The first-order chi connectivity index (χ1) is 18.0. The number of aryl methyl sites for hydroxylation is 1. The largest absolute Gasteiger partial charge is 0.450 e. The van der Waals surface area contributed by atoms with E-state index in [0.29, 0.717) is 58.1 Å². The number of ether oxygens (including phenoxy) is 1. The number of halogens is 1. The van der Waals surface area contributed by atoms with Crippen LogP contribution in [-0.4, -0.2) is 39.9 Å². The molecule has 188 valence electrons. The van der Waals surface area contributed by atoms with Crippen LogP contribution in [-0.2, 0) is 7.05 Å². The van der Waals surface area contributed by atoms with Gasteiger partial charge < -0.3 is 24.3 Å². The van der Waals surface area contributed by atoms with Crippen molar-refractivity contribution in [2.75, 3.05) is 5.32 Å². The molecule has 0 aliphatic heterocycles. The number of pyridine rings is 3. The quantitative estimate of drug-likeness (QED) is 0.340. The molecule has 37 heavy (non-hydrogen) atoms. The maximum Gasteiger partial charge on any atom is 0.274 e. The third-order valence-corrected chi connectivity index (χ3v) is 7.62. The van der Waals surface area contributed by atoms with Gasteiger partial charge in [0.15, 0.2) is 17.1 Å². The third kappa shape index (κ3) is 3.75. The zero-order valence-electron chi connectivity index (χ0n) is 20.0. The predicted octanol–water partition coefficient (Wildman–Crippen LogP) is 4.54. The van der Waals surface area contributed by atoms with Gasteiger partial charge in [0.2, 0.25) is 5.95 Å². The summed E-state index contributed by atoms with van der Waals surface area (Å²) in [5.74, 6) is 1.85. The Kier molecular flexibility index (Phi) is 5.02. The normalized spacial score (nSPS) is 19.3. The first-order valence-electron chi connectivity index (χ1n) is 12.3. The first kappa shape index (κ1) is 22.3. The Hall–Kier alpha value is -3.89. The number of rotatable bonds is 6. The summed E-state index contributed by atoms with van der Waals surface area (Å²) in [4.78, 5) is 22.4. The summed E-state index contributed by atoms with van der Waals surface area (Å²) in [6.07, 6.45) is 10.0. The third-order valence-electron chi connectivity index (χ3n) is 7.26. The highest BCUT2D eigenvalue weighted by Crippen LogP contribution is 2.42. The van der Waals surface area contributed by atoms with Crippen LogP contribution >= 0.6 is 11.6 Å². The second kappa shape index (κ2) is 8.32. The van der Waals surface area contributed by atoms with Crippen molar-refractivity contribution in [1.29, 1.82) is 0 Å². The monoisotopic (exact) mass is 517 g/mol. The van der Waals surface area contributed by atoms with Crippen LogP contribution in [0.2, 0.25) is 5.02 Å². The van der Waals surface area contributed by atoms with Gasteiger partial charge in [0, 0.05) is 25.5 Å². The second-order valence-electron chi connectivity index (χ2n) is 9.82. The predicted molar refractivity (Wildman–Crippen MR) is 139 cm³/mol. The van der Waals surface area contributed by atoms with Crippen LogP contribution in [0, 0.1) is 0 Å². The molecule has 2 aliphatic rings. The number of aliphatic hydroxyl groups is 1. The molecule has 0 bridgehead atoms. The highest BCUT2D eigenvalue weighted by Gasteiger charge is 2.32. The molecule has 0 aromatic carbocycles. The van der Waals surface area contributed by atoms with Crippen molar-refractivity contribution < 1.29 is 9.84 Å². The average molecular weight is 518 g/mol. The van der Waals surface area contributed by atoms with Crippen molar-refractivity contribution in [3.8, 4) is 11.5 Å². The van der Waals surface area contributed by atoms with Crippen molar-refractivity contribution in [1.82, 2.24) is 28.7 Å². The zero-order valence-corrected chi connectivity index (χ0v) is 20.8. The standard InChI is InChI=1S/C26H24ClN7O3/c1-32-23-22(27)21(37-20-12-29-34-7-3-2-4-19(20)34)11-28-24(23)31-26(32)30-18-8-15(14-5-6-14)13-33(25(18)36)16-9-17(35)10-16/h2-4,7-8,11-14,16-17,35H,5-6,9-10H2,1H3,(H,28,30,31). The molecule has 5 aromatic heterocycles. The van der Waals surface area contributed by atoms with E-state index < -0.39 is 0 Å². The smallest absolute Gasteiger partial charge is 0.274 e. The lowest BCUT2D eigenvalue weighted by atomic mass is 9.89. The minimum atomic E-state index is -0.344. The van der Waals surface area contributed by atoms with E-state index in [1.54, 1.807) is 19.8 Å². The van der Waals surface area contributed by atoms with Crippen molar-refractivity contribution in [3.63, 3.8) is 0 Å². The molecular formula is C26H24ClN7O3. The van der Waals surface area contributed by atoms with Crippen LogP contribution in [0.3, 0.4) is 0 Å². The molecule has 2 saturated carbocycles. The fourth-order valence-corrected chi connectivity index (χ4v) is 5.23. The number of aromatic nitrogens is 6. The Bertz CT molecular complexity index is 1730. The number of fused-ring (bicyclic) bond motifs is 2. The number of anilines is 2. The maximum absolute atomic E-state index is 13.4. The lowest BCUT2D eigenvalue weighted by molar-refractivity contribution is 0.0471. The Labute approximate surface area is 216 Å². The van der Waals surface area contributed by atoms with E-state index in [1.807, 2.05) is 43.7 Å². The van der Waals surface area contributed by atoms with Gasteiger partial charge in [0.25, 0.3) is 5.56 Å². The van der Waals surface area contributed by atoms with Crippen LogP contribution < -0.4 is 15.6 Å². The highest BCUT2D eigenvalue weighted by atomic mass is 35.5. The number of nitrogens with zero attached hydrogens (tertiary/aromatic N) is 6. The fraction of sp³-hybridized carbons (Fsp3) is 0.308. The lowest BCUT2D eigenvalue weighted by Crippen LogP contribution is -2.37. The Morgan fingerprint density at radius 2 is 2.03 bits per heavy atom. The van der Waals surface area contributed by atoms with Gasteiger partial charge in [-0.25, -0.2) is 9.50 Å². The molecule has 2 aliphatic carbocycles. The molecule has 5 heterocycles. The maximum atomic E-state index is 13.4. The van der Waals surface area contributed by atoms with Crippen molar-refractivity contribution in [2.45, 2.75) is 43.7 Å². The SMILES string of the molecule is Cn1c(Nc2cc(C3CC3)cn(C3CC(O)C3)c2=O)nc2ncc(Oc3cnn4ccccc34)c(Cl)c21. The Morgan fingerprint density at radius 1 is 1.19 bits per heavy atom. The summed E-state index contributed by atoms with van der Waals surface area (Å²) in [7, 11) is 1.82. The average Bonchev–Trinajstić information content (AvgIpc) is 3.58. The van der Waals surface area contributed by atoms with Gasteiger partial charge >= 0.3 is 0 Å². The molecular weight excluding hydrogens is 494 g/mol. The molecule has 2 N–H and O–H groups in total. The van der Waals surface area contributed by atoms with E-state index in [2.05, 4.69) is 20.4 Å². The summed E-state index contributed by atoms with van der Waals surface area (Å²) < 4.78 is 11.3. The Morgan fingerprint density at radius 3 is 2.81 bits per heavy atom. The van der Waals surface area contributed by atoms with E-state index in [1.165, 1.54) is 6.20 Å². The highest BCUT2D eigenvalue weighted by molar-refractivity contribution is 6.36. The number of aliphatic hydroxyl groups excluding tert-OH is 1. The van der Waals surface area contributed by atoms with Crippen LogP contribution in [0.15, 0.2) is 53.8 Å². The minimum absolute atomic E-state index is 0.0120. The first-order valence-corrected chi connectivity index (χ1v) is 12.7. The molecule has 0 amide bonds. The number of nitrogens with one attached hydrogen (secondary N) is 1. The summed E-state index contributed by atoms with van der Waals surface area (Å²) in [6, 6.07) is 7.63. The summed E-state index contributed by atoms with van der Waals surface area (Å²) in [6.45, 7) is 0. The van der Waals surface area contributed by atoms with Crippen LogP contribution in [0.25, 0.3) is 16.7 Å². The van der Waals surface area contributed by atoms with E-state index in [9.17, 15) is 9.90 Å². The van der Waals surface area contributed by atoms with Crippen LogP contribution in [0.4, 0.5) is 11.6 Å². The van der Waals surface area contributed by atoms with Gasteiger partial charge in [-0.2, -0.15) is 10.1 Å². The van der Waals surface area contributed by atoms with Crippen molar-refractivity contribution >= 4 is 39.9 Å². The summed E-state index contributed by atoms with van der Waals surface area (Å²) in [5.41, 5.74) is 3.26. The number of imidazole rings is 1. The van der Waals surface area contributed by atoms with Gasteiger partial charge in [-0.05, 0) is 55.4 Å². The van der Waals surface area contributed by atoms with Gasteiger partial charge in [0.05, 0.1) is 18.5 Å². The second-order valence-corrected chi connectivity index (χ2v) is 10.2. The molecule has 0 radical (unpaired) electrons. The number of hydrogen-bond donors (Lipinski definition) is 2. The van der Waals surface area contributed by atoms with Gasteiger partial charge in [-0.3, -0.25) is 4.79 Å². The topological polar surface area (TPSA) is 112 Å². The van der Waals surface area contributed by atoms with Gasteiger partial charge in [-0.1, -0.05) is 17.7 Å². The molecule has 0 atom stereocenters. The zero-order chi connectivity index (χ0) is 25.3. The van der Waals surface area contributed by atoms with E-state index in [0.717, 1.165) is 23.9 Å². The molecule has 11 heteroatoms. The van der Waals surface area contributed by atoms with Crippen LogP contribution in [0.1, 0.15) is 43.2 Å². The molecule has 10 nitrogen and oxygen atoms in total. The minimum Gasteiger partial charge on any atom is -0.450 e. The molecule has 5 aromatic rings. The van der Waals surface area contributed by atoms with Crippen LogP contribution in [0.5, 0.6) is 11.5 Å². The molecule has 0 unspecified atom stereocenters. The van der Waals surface area contributed by atoms with Crippen molar-refractivity contribution in [3.05, 3.63) is 70.0 Å². The van der Waals surface area contributed by atoms with Crippen molar-refractivity contribution in [2.24, 2.45) is 7.05 Å². The number of hydrogen-bond acceptors (Lipinski definition) is 7. The molecule has 2 fully saturated rings. The summed E-state index contributed by atoms with van der Waals surface area (Å²) in [5, 5.41) is 17.7. The lowest BCUT2D eigenvalue weighted by Gasteiger charge is -2.33. The molecule has 0 spiro atoms. The van der Waals surface area contributed by atoms with E-state index in [-0.39, 0.29) is 17.7 Å².